The number of aromatic nitrogens is 1. The minimum atomic E-state index is 0. The molecule has 2 aromatic rings. The fourth-order valence-electron chi connectivity index (χ4n) is 2.89. The predicted molar refractivity (Wildman–Crippen MR) is 98.7 cm³/mol. The van der Waals surface area contributed by atoms with Crippen LogP contribution in [0.15, 0.2) is 48.8 Å². The second-order valence-corrected chi connectivity index (χ2v) is 6.35. The maximum absolute atomic E-state index is 12.9. The smallest absolute Gasteiger partial charge is 0.254 e. The fraction of sp³-hybridized carbons (Fsp3) is 0.333. The summed E-state index contributed by atoms with van der Waals surface area (Å²) in [4.78, 5) is 19.0. The summed E-state index contributed by atoms with van der Waals surface area (Å²) in [5.74, 6) is 0.542. The van der Waals surface area contributed by atoms with Gasteiger partial charge in [-0.05, 0) is 61.3 Å². The molecule has 1 saturated heterocycles. The highest BCUT2D eigenvalue weighted by Gasteiger charge is 2.23. The van der Waals surface area contributed by atoms with Crippen molar-refractivity contribution in [2.24, 2.45) is 5.92 Å². The van der Waals surface area contributed by atoms with Crippen molar-refractivity contribution in [1.82, 2.24) is 15.2 Å². The predicted octanol–water partition coefficient (Wildman–Crippen LogP) is 3.41. The molecule has 0 radical (unpaired) electrons. The van der Waals surface area contributed by atoms with Crippen LogP contribution in [-0.2, 0) is 6.54 Å². The highest BCUT2D eigenvalue weighted by Crippen LogP contribution is 2.17. The summed E-state index contributed by atoms with van der Waals surface area (Å²) in [6, 6.07) is 11.0. The zero-order valence-electron chi connectivity index (χ0n) is 13.3. The Labute approximate surface area is 153 Å². The van der Waals surface area contributed by atoms with Gasteiger partial charge in [-0.25, -0.2) is 0 Å². The summed E-state index contributed by atoms with van der Waals surface area (Å²) in [6.45, 7) is 3.33. The van der Waals surface area contributed by atoms with E-state index in [4.69, 9.17) is 11.6 Å². The Morgan fingerprint density at radius 2 is 2.08 bits per heavy atom. The second-order valence-electron chi connectivity index (χ2n) is 5.91. The van der Waals surface area contributed by atoms with Gasteiger partial charge in [0.1, 0.15) is 0 Å². The molecule has 0 saturated carbocycles. The van der Waals surface area contributed by atoms with E-state index in [9.17, 15) is 4.79 Å². The van der Waals surface area contributed by atoms with E-state index < -0.39 is 0 Å². The Morgan fingerprint density at radius 1 is 1.29 bits per heavy atom. The van der Waals surface area contributed by atoms with E-state index in [0.29, 0.717) is 23.0 Å². The lowest BCUT2D eigenvalue weighted by Crippen LogP contribution is -2.35. The highest BCUT2D eigenvalue weighted by molar-refractivity contribution is 6.30. The van der Waals surface area contributed by atoms with E-state index >= 15 is 0 Å². The Bertz CT molecular complexity index is 643. The van der Waals surface area contributed by atoms with Gasteiger partial charge in [-0.1, -0.05) is 17.7 Å². The molecule has 0 bridgehead atoms. The lowest BCUT2D eigenvalue weighted by molar-refractivity contribution is 0.0718. The molecule has 1 aromatic carbocycles. The summed E-state index contributed by atoms with van der Waals surface area (Å²) in [7, 11) is 0. The van der Waals surface area contributed by atoms with Crippen LogP contribution in [0.4, 0.5) is 0 Å². The topological polar surface area (TPSA) is 45.2 Å². The average molecular weight is 366 g/mol. The second kappa shape index (κ2) is 9.02. The lowest BCUT2D eigenvalue weighted by atomic mass is 10.1. The van der Waals surface area contributed by atoms with E-state index in [-0.39, 0.29) is 18.3 Å². The Hall–Kier alpha value is -1.62. The first-order valence-corrected chi connectivity index (χ1v) is 8.24. The summed E-state index contributed by atoms with van der Waals surface area (Å²) < 4.78 is 0. The molecule has 3 rings (SSSR count). The summed E-state index contributed by atoms with van der Waals surface area (Å²) in [5.41, 5.74) is 1.71. The SMILES string of the molecule is Cl.O=C(c1ccc(Cl)cc1)N(Cc1cccnc1)CC1CCNC1. The standard InChI is InChI=1S/C18H20ClN3O.ClH/c19-17-5-3-16(4-6-17)18(23)22(13-15-7-9-21-11-15)12-14-2-1-8-20-10-14;/h1-6,8,10,15,21H,7,9,11-13H2;1H. The zero-order valence-corrected chi connectivity index (χ0v) is 14.9. The van der Waals surface area contributed by atoms with E-state index in [1.807, 2.05) is 23.2 Å². The first-order valence-electron chi connectivity index (χ1n) is 7.87. The van der Waals surface area contributed by atoms with Gasteiger partial charge >= 0.3 is 0 Å². The van der Waals surface area contributed by atoms with Gasteiger partial charge in [0.05, 0.1) is 0 Å². The van der Waals surface area contributed by atoms with Crippen LogP contribution in [0.5, 0.6) is 0 Å². The van der Waals surface area contributed by atoms with Crippen molar-refractivity contribution in [2.75, 3.05) is 19.6 Å². The summed E-state index contributed by atoms with van der Waals surface area (Å²) in [5, 5.41) is 4.00. The quantitative estimate of drug-likeness (QED) is 0.882. The monoisotopic (exact) mass is 365 g/mol. The first-order chi connectivity index (χ1) is 11.2. The maximum Gasteiger partial charge on any atom is 0.254 e. The van der Waals surface area contributed by atoms with Crippen molar-refractivity contribution >= 4 is 29.9 Å². The molecule has 1 atom stereocenters. The van der Waals surface area contributed by atoms with Gasteiger partial charge in [0.15, 0.2) is 0 Å². The first kappa shape index (κ1) is 18.7. The molecule has 6 heteroatoms. The van der Waals surface area contributed by atoms with Crippen LogP contribution in [0.1, 0.15) is 22.3 Å². The maximum atomic E-state index is 12.9. The normalized spacial score (nSPS) is 16.5. The van der Waals surface area contributed by atoms with E-state index in [1.165, 1.54) is 0 Å². The molecule has 0 spiro atoms. The van der Waals surface area contributed by atoms with Crippen LogP contribution in [0.2, 0.25) is 5.02 Å². The molecule has 1 unspecified atom stereocenters. The number of nitrogens with one attached hydrogen (secondary N) is 1. The Kier molecular flexibility index (Phi) is 7.03. The molecule has 1 aliphatic heterocycles. The molecule has 1 amide bonds. The van der Waals surface area contributed by atoms with Gasteiger partial charge in [0.25, 0.3) is 5.91 Å². The zero-order chi connectivity index (χ0) is 16.1. The minimum Gasteiger partial charge on any atom is -0.334 e. The number of hydrogen-bond acceptors (Lipinski definition) is 3. The molecule has 1 N–H and O–H groups in total. The van der Waals surface area contributed by atoms with Crippen LogP contribution in [-0.4, -0.2) is 35.4 Å². The summed E-state index contributed by atoms with van der Waals surface area (Å²) in [6.07, 6.45) is 4.67. The van der Waals surface area contributed by atoms with Crippen LogP contribution < -0.4 is 5.32 Å². The van der Waals surface area contributed by atoms with E-state index in [0.717, 1.165) is 31.6 Å². The third-order valence-corrected chi connectivity index (χ3v) is 4.37. The number of hydrogen-bond donors (Lipinski definition) is 1. The van der Waals surface area contributed by atoms with Crippen LogP contribution in [0.3, 0.4) is 0 Å². The number of halogens is 2. The third-order valence-electron chi connectivity index (χ3n) is 4.12. The molecule has 24 heavy (non-hydrogen) atoms. The van der Waals surface area contributed by atoms with Gasteiger partial charge in [-0.15, -0.1) is 12.4 Å². The third kappa shape index (κ3) is 4.94. The number of benzene rings is 1. The minimum absolute atomic E-state index is 0. The molecule has 4 nitrogen and oxygen atoms in total. The van der Waals surface area contributed by atoms with Crippen LogP contribution in [0, 0.1) is 5.92 Å². The molecular weight excluding hydrogens is 345 g/mol. The van der Waals surface area contributed by atoms with Gasteiger partial charge < -0.3 is 10.2 Å². The van der Waals surface area contributed by atoms with Crippen LogP contribution in [0.25, 0.3) is 0 Å². The average Bonchev–Trinajstić information content (AvgIpc) is 3.08. The van der Waals surface area contributed by atoms with E-state index in [2.05, 4.69) is 10.3 Å². The van der Waals surface area contributed by atoms with Crippen molar-refractivity contribution < 1.29 is 4.79 Å². The number of carbonyl (C=O) groups is 1. The number of amides is 1. The van der Waals surface area contributed by atoms with Gasteiger partial charge in [0.2, 0.25) is 0 Å². The van der Waals surface area contributed by atoms with Gasteiger partial charge in [0, 0.05) is 36.1 Å². The molecular formula is C18H21Cl2N3O. The number of carbonyl (C=O) groups excluding carboxylic acids is 1. The molecule has 2 heterocycles. The Balaban J connectivity index is 0.00000208. The van der Waals surface area contributed by atoms with Gasteiger partial charge in [-0.3, -0.25) is 9.78 Å². The largest absolute Gasteiger partial charge is 0.334 e. The van der Waals surface area contributed by atoms with Crippen molar-refractivity contribution in [3.05, 3.63) is 64.9 Å². The molecule has 128 valence electrons. The Morgan fingerprint density at radius 3 is 2.71 bits per heavy atom. The van der Waals surface area contributed by atoms with Crippen LogP contribution >= 0.6 is 24.0 Å². The molecule has 1 aliphatic rings. The fourth-order valence-corrected chi connectivity index (χ4v) is 3.01. The molecule has 0 aliphatic carbocycles. The van der Waals surface area contributed by atoms with Crippen molar-refractivity contribution in [1.29, 1.82) is 0 Å². The van der Waals surface area contributed by atoms with Crippen molar-refractivity contribution in [3.63, 3.8) is 0 Å². The van der Waals surface area contributed by atoms with E-state index in [1.54, 1.807) is 30.5 Å². The number of nitrogens with zero attached hydrogens (tertiary/aromatic N) is 2. The molecule has 1 fully saturated rings. The van der Waals surface area contributed by atoms with Crippen molar-refractivity contribution in [2.45, 2.75) is 13.0 Å². The van der Waals surface area contributed by atoms with Gasteiger partial charge in [-0.2, -0.15) is 0 Å². The summed E-state index contributed by atoms with van der Waals surface area (Å²) >= 11 is 5.92. The highest BCUT2D eigenvalue weighted by atomic mass is 35.5. The van der Waals surface area contributed by atoms with Crippen molar-refractivity contribution in [3.8, 4) is 0 Å². The molecule has 1 aromatic heterocycles. The number of rotatable bonds is 5. The lowest BCUT2D eigenvalue weighted by Gasteiger charge is -2.25. The number of pyridine rings is 1.